The molecule has 0 aliphatic carbocycles. The topological polar surface area (TPSA) is 55.5 Å². The van der Waals surface area contributed by atoms with Gasteiger partial charge in [-0.15, -0.1) is 0 Å². The largest absolute Gasteiger partial charge is 0.475 e. The van der Waals surface area contributed by atoms with E-state index in [1.54, 1.807) is 0 Å². The van der Waals surface area contributed by atoms with Gasteiger partial charge >= 0.3 is 0 Å². The summed E-state index contributed by atoms with van der Waals surface area (Å²) in [6.07, 6.45) is 3.65. The van der Waals surface area contributed by atoms with Gasteiger partial charge in [-0.3, -0.25) is 0 Å². The van der Waals surface area contributed by atoms with Gasteiger partial charge in [0, 0.05) is 28.8 Å². The minimum Gasteiger partial charge on any atom is -0.475 e. The van der Waals surface area contributed by atoms with Gasteiger partial charge in [-0.25, -0.2) is 15.0 Å². The van der Waals surface area contributed by atoms with Gasteiger partial charge in [0.2, 0.25) is 5.88 Å². The summed E-state index contributed by atoms with van der Waals surface area (Å²) in [6, 6.07) is 9.15. The summed E-state index contributed by atoms with van der Waals surface area (Å²) in [5.74, 6) is 2.26. The Labute approximate surface area is 139 Å². The van der Waals surface area contributed by atoms with E-state index in [0.717, 1.165) is 23.6 Å². The third kappa shape index (κ3) is 1.79. The predicted octanol–water partition coefficient (Wildman–Crippen LogP) is 3.30. The van der Waals surface area contributed by atoms with Gasteiger partial charge in [-0.1, -0.05) is 0 Å². The van der Waals surface area contributed by atoms with E-state index in [-0.39, 0.29) is 0 Å². The maximum atomic E-state index is 5.76. The first-order valence-electron chi connectivity index (χ1n) is 8.17. The molecule has 0 unspecified atom stereocenters. The first-order chi connectivity index (χ1) is 11.7. The molecule has 6 heteroatoms. The lowest BCUT2D eigenvalue weighted by Gasteiger charge is -2.28. The van der Waals surface area contributed by atoms with Crippen LogP contribution in [0.3, 0.4) is 0 Å². The fourth-order valence-corrected chi connectivity index (χ4v) is 3.41. The summed E-state index contributed by atoms with van der Waals surface area (Å²) in [6.45, 7) is 5.71. The lowest BCUT2D eigenvalue weighted by Crippen LogP contribution is -2.35. The van der Waals surface area contributed by atoms with Crippen molar-refractivity contribution in [2.45, 2.75) is 19.9 Å². The zero-order valence-corrected chi connectivity index (χ0v) is 13.6. The molecular weight excluding hydrogens is 302 g/mol. The number of aliphatic imine (C=N–C) groups is 1. The standard InChI is InChI=1S/C18H17N5O/c1-11(2)22-6-5-12-9-13(3-4-14(12)22)23-7-8-24-18-15-16(19-10-20-18)21-17(15)23/h3-6,9-11H,7-8H2,1-2H3. The van der Waals surface area contributed by atoms with E-state index in [1.807, 2.05) is 0 Å². The van der Waals surface area contributed by atoms with Crippen LogP contribution in [0, 0.1) is 0 Å². The Kier molecular flexibility index (Phi) is 2.71. The molecule has 2 aliphatic heterocycles. The van der Waals surface area contributed by atoms with Gasteiger partial charge in [0.25, 0.3) is 0 Å². The van der Waals surface area contributed by atoms with Crippen molar-refractivity contribution in [2.24, 2.45) is 4.99 Å². The highest BCUT2D eigenvalue weighted by molar-refractivity contribution is 6.20. The highest BCUT2D eigenvalue weighted by atomic mass is 16.5. The van der Waals surface area contributed by atoms with Crippen LogP contribution in [0.15, 0.2) is 41.8 Å². The third-order valence-corrected chi connectivity index (χ3v) is 4.61. The van der Waals surface area contributed by atoms with Crippen molar-refractivity contribution in [3.8, 4) is 5.88 Å². The van der Waals surface area contributed by atoms with Crippen LogP contribution in [-0.4, -0.2) is 33.5 Å². The highest BCUT2D eigenvalue weighted by Crippen LogP contribution is 2.38. The minimum atomic E-state index is 0.447. The second-order valence-corrected chi connectivity index (χ2v) is 6.37. The molecule has 0 radical (unpaired) electrons. The lowest BCUT2D eigenvalue weighted by molar-refractivity contribution is 0.319. The van der Waals surface area contributed by atoms with Crippen LogP contribution < -0.4 is 9.64 Å². The SMILES string of the molecule is CC(C)n1ccc2cc(N3CCOc4ncnc5c4C3=N5)ccc21. The molecule has 2 aromatic heterocycles. The number of hydrogen-bond acceptors (Lipinski definition) is 5. The molecular formula is C18H17N5O. The minimum absolute atomic E-state index is 0.447. The molecule has 4 heterocycles. The third-order valence-electron chi connectivity index (χ3n) is 4.61. The van der Waals surface area contributed by atoms with Crippen LogP contribution in [0.5, 0.6) is 5.88 Å². The molecule has 0 saturated carbocycles. The Bertz CT molecular complexity index is 988. The fraction of sp³-hybridized carbons (Fsp3) is 0.278. The van der Waals surface area contributed by atoms with E-state index < -0.39 is 0 Å². The number of hydrogen-bond donors (Lipinski definition) is 0. The number of rotatable bonds is 2. The summed E-state index contributed by atoms with van der Waals surface area (Å²) >= 11 is 0. The second-order valence-electron chi connectivity index (χ2n) is 6.37. The maximum Gasteiger partial charge on any atom is 0.230 e. The van der Waals surface area contributed by atoms with E-state index in [1.165, 1.54) is 17.2 Å². The summed E-state index contributed by atoms with van der Waals surface area (Å²) in [4.78, 5) is 15.2. The molecule has 6 nitrogen and oxygen atoms in total. The zero-order chi connectivity index (χ0) is 16.3. The normalized spacial score (nSPS) is 15.6. The van der Waals surface area contributed by atoms with Crippen molar-refractivity contribution < 1.29 is 4.74 Å². The van der Waals surface area contributed by atoms with Gasteiger partial charge in [0.05, 0.1) is 6.54 Å². The Morgan fingerprint density at radius 2 is 2.08 bits per heavy atom. The van der Waals surface area contributed by atoms with Crippen LogP contribution in [0.4, 0.5) is 11.5 Å². The molecule has 5 rings (SSSR count). The molecule has 0 fully saturated rings. The Morgan fingerprint density at radius 1 is 1.17 bits per heavy atom. The number of amidine groups is 1. The summed E-state index contributed by atoms with van der Waals surface area (Å²) in [5, 5.41) is 1.23. The number of anilines is 1. The molecule has 0 bridgehead atoms. The molecule has 3 aromatic rings. The Hall–Kier alpha value is -2.89. The van der Waals surface area contributed by atoms with Crippen molar-refractivity contribution in [1.82, 2.24) is 14.5 Å². The average Bonchev–Trinajstić information content (AvgIpc) is 2.89. The van der Waals surface area contributed by atoms with Crippen molar-refractivity contribution in [2.75, 3.05) is 18.1 Å². The quantitative estimate of drug-likeness (QED) is 0.727. The van der Waals surface area contributed by atoms with Crippen molar-refractivity contribution in [3.05, 3.63) is 42.4 Å². The summed E-state index contributed by atoms with van der Waals surface area (Å²) in [7, 11) is 0. The van der Waals surface area contributed by atoms with Crippen LogP contribution in [0.25, 0.3) is 10.9 Å². The fourth-order valence-electron chi connectivity index (χ4n) is 3.41. The molecule has 0 atom stereocenters. The number of benzene rings is 1. The number of ether oxygens (including phenoxy) is 1. The number of nitrogens with zero attached hydrogens (tertiary/aromatic N) is 5. The Balaban J connectivity index is 1.59. The lowest BCUT2D eigenvalue weighted by atomic mass is 10.1. The molecule has 24 heavy (non-hydrogen) atoms. The molecule has 0 amide bonds. The van der Waals surface area contributed by atoms with Crippen molar-refractivity contribution >= 4 is 28.2 Å². The van der Waals surface area contributed by atoms with E-state index in [4.69, 9.17) is 4.74 Å². The molecule has 2 aliphatic rings. The first-order valence-corrected chi connectivity index (χ1v) is 8.17. The van der Waals surface area contributed by atoms with Gasteiger partial charge in [0.15, 0.2) is 11.7 Å². The van der Waals surface area contributed by atoms with Gasteiger partial charge in [-0.05, 0) is 38.1 Å². The van der Waals surface area contributed by atoms with E-state index in [0.29, 0.717) is 24.3 Å². The molecule has 120 valence electrons. The maximum absolute atomic E-state index is 5.76. The van der Waals surface area contributed by atoms with E-state index >= 15 is 0 Å². The highest BCUT2D eigenvalue weighted by Gasteiger charge is 2.33. The van der Waals surface area contributed by atoms with E-state index in [2.05, 4.69) is 68.7 Å². The molecule has 1 aromatic carbocycles. The Morgan fingerprint density at radius 3 is 2.96 bits per heavy atom. The number of fused-ring (bicyclic) bond motifs is 1. The second kappa shape index (κ2) is 4.80. The predicted molar refractivity (Wildman–Crippen MR) is 93.4 cm³/mol. The summed E-state index contributed by atoms with van der Waals surface area (Å²) < 4.78 is 8.04. The van der Waals surface area contributed by atoms with Crippen LogP contribution in [0.1, 0.15) is 25.5 Å². The number of aromatic nitrogens is 3. The van der Waals surface area contributed by atoms with Crippen LogP contribution in [0.2, 0.25) is 0 Å². The average molecular weight is 319 g/mol. The van der Waals surface area contributed by atoms with Gasteiger partial charge in [-0.2, -0.15) is 0 Å². The first kappa shape index (κ1) is 13.5. The zero-order valence-electron chi connectivity index (χ0n) is 13.6. The van der Waals surface area contributed by atoms with Crippen molar-refractivity contribution in [3.63, 3.8) is 0 Å². The van der Waals surface area contributed by atoms with Crippen LogP contribution in [-0.2, 0) is 0 Å². The monoisotopic (exact) mass is 319 g/mol. The molecule has 0 spiro atoms. The van der Waals surface area contributed by atoms with Gasteiger partial charge in [0.1, 0.15) is 18.5 Å². The van der Waals surface area contributed by atoms with Crippen LogP contribution >= 0.6 is 0 Å². The molecule has 0 N–H and O–H groups in total. The molecule has 0 saturated heterocycles. The smallest absolute Gasteiger partial charge is 0.230 e. The van der Waals surface area contributed by atoms with Crippen molar-refractivity contribution in [1.29, 1.82) is 0 Å². The van der Waals surface area contributed by atoms with E-state index in [9.17, 15) is 0 Å². The summed E-state index contributed by atoms with van der Waals surface area (Å²) in [5.41, 5.74) is 3.29. The van der Waals surface area contributed by atoms with Gasteiger partial charge < -0.3 is 14.2 Å².